The third-order valence-electron chi connectivity index (χ3n) is 16.2. The summed E-state index contributed by atoms with van der Waals surface area (Å²) in [5, 5.41) is 20.4. The second kappa shape index (κ2) is 45.6. The quantitative estimate of drug-likeness (QED) is 0.0150. The van der Waals surface area contributed by atoms with Crippen LogP contribution in [0, 0.1) is 0 Å². The average Bonchev–Trinajstić information content (AvgIpc) is 4.23. The van der Waals surface area contributed by atoms with E-state index in [1.54, 1.807) is 30.3 Å². The van der Waals surface area contributed by atoms with Crippen LogP contribution < -0.4 is 14.2 Å². The number of ketones is 1. The molecule has 4 rings (SSSR count). The van der Waals surface area contributed by atoms with Crippen LogP contribution in [0.5, 0.6) is 17.2 Å². The lowest BCUT2D eigenvalue weighted by Crippen LogP contribution is -2.07. The smallest absolute Gasteiger partial charge is 0.335 e. The molecule has 0 unspecified atom stereocenters. The van der Waals surface area contributed by atoms with Crippen LogP contribution in [-0.2, 0) is 0 Å². The summed E-state index contributed by atoms with van der Waals surface area (Å²) in [5.41, 5.74) is 3.92. The van der Waals surface area contributed by atoms with Gasteiger partial charge in [0.05, 0.1) is 36.8 Å². The molecule has 0 fully saturated rings. The number of aromatic nitrogens is 2. The van der Waals surface area contributed by atoms with Gasteiger partial charge in [-0.05, 0) is 73.4 Å². The van der Waals surface area contributed by atoms with E-state index in [1.165, 1.54) is 249 Å². The second-order valence-corrected chi connectivity index (χ2v) is 23.5. The summed E-state index contributed by atoms with van der Waals surface area (Å²) in [4.78, 5) is 31.5. The first-order chi connectivity index (χ1) is 39.8. The topological polar surface area (TPSA) is 134 Å². The monoisotopic (exact) mass is 1120 g/mol. The van der Waals surface area contributed by atoms with Crippen LogP contribution >= 0.6 is 0 Å². The largest absolute Gasteiger partial charge is 0.506 e. The molecule has 0 spiro atoms. The van der Waals surface area contributed by atoms with Crippen LogP contribution in [0.3, 0.4) is 0 Å². The van der Waals surface area contributed by atoms with Crippen LogP contribution in [0.1, 0.15) is 317 Å². The Balaban J connectivity index is 1.40. The van der Waals surface area contributed by atoms with Gasteiger partial charge in [-0.1, -0.05) is 283 Å². The molecule has 0 aliphatic carbocycles. The SMILES string of the molecule is CCCCCCCCCCCCCCCCOc1cc(-c2ccc(C(=O)/C=C(/O)c3ccc(-c4ccc(C(=O)O)cc4)[nH]3)[nH]2)cc(OCCCCCCCCCCCCCCCC)c1OCCCCCCCCCCCCCCCC. The van der Waals surface area contributed by atoms with Gasteiger partial charge in [-0.2, -0.15) is 0 Å². The van der Waals surface area contributed by atoms with Gasteiger partial charge in [0.25, 0.3) is 0 Å². The molecule has 454 valence electrons. The number of aliphatic hydroxyl groups is 1. The average molecular weight is 1120 g/mol. The van der Waals surface area contributed by atoms with Crippen molar-refractivity contribution in [3.05, 3.63) is 83.7 Å². The summed E-state index contributed by atoms with van der Waals surface area (Å²) < 4.78 is 20.1. The summed E-state index contributed by atoms with van der Waals surface area (Å²) in [6.45, 7) is 8.62. The minimum absolute atomic E-state index is 0.191. The highest BCUT2D eigenvalue weighted by Gasteiger charge is 2.19. The molecular formula is C72H114N2O7. The Morgan fingerprint density at radius 3 is 1.04 bits per heavy atom. The normalized spacial score (nSPS) is 11.7. The number of ether oxygens (including phenoxy) is 3. The van der Waals surface area contributed by atoms with E-state index in [2.05, 4.69) is 30.7 Å². The number of carbonyl (C=O) groups excluding carboxylic acids is 1. The van der Waals surface area contributed by atoms with Gasteiger partial charge in [0.2, 0.25) is 11.5 Å². The molecule has 0 radical (unpaired) electrons. The fourth-order valence-corrected chi connectivity index (χ4v) is 11.0. The zero-order valence-corrected chi connectivity index (χ0v) is 51.6. The highest BCUT2D eigenvalue weighted by Crippen LogP contribution is 2.42. The molecule has 0 bridgehead atoms. The molecule has 2 heterocycles. The van der Waals surface area contributed by atoms with Crippen LogP contribution in [0.15, 0.2) is 66.7 Å². The van der Waals surface area contributed by atoms with Crippen molar-refractivity contribution in [3.63, 3.8) is 0 Å². The number of carboxylic acids is 1. The summed E-state index contributed by atoms with van der Waals surface area (Å²) in [6.07, 6.45) is 56.0. The van der Waals surface area contributed by atoms with Crippen molar-refractivity contribution in [1.29, 1.82) is 0 Å². The van der Waals surface area contributed by atoms with Crippen molar-refractivity contribution in [1.82, 2.24) is 9.97 Å². The summed E-state index contributed by atoms with van der Waals surface area (Å²) >= 11 is 0. The van der Waals surface area contributed by atoms with Crippen LogP contribution in [-0.4, -0.2) is 51.8 Å². The first-order valence-corrected chi connectivity index (χ1v) is 33.6. The molecule has 0 aliphatic heterocycles. The Labute approximate surface area is 493 Å². The molecular weight excluding hydrogens is 1000 g/mol. The molecule has 2 aromatic carbocycles. The van der Waals surface area contributed by atoms with Gasteiger partial charge in [-0.25, -0.2) is 4.79 Å². The molecule has 2 aromatic heterocycles. The lowest BCUT2D eigenvalue weighted by molar-refractivity contribution is 0.0696. The molecule has 4 aromatic rings. The summed E-state index contributed by atoms with van der Waals surface area (Å²) in [5.74, 6) is 0.432. The van der Waals surface area contributed by atoms with Gasteiger partial charge < -0.3 is 34.4 Å². The van der Waals surface area contributed by atoms with E-state index in [0.29, 0.717) is 54.2 Å². The number of carboxylic acid groups (broad SMARTS) is 1. The number of aromatic amines is 2. The number of aromatic carboxylic acids is 1. The van der Waals surface area contributed by atoms with Crippen LogP contribution in [0.25, 0.3) is 28.3 Å². The number of benzene rings is 2. The Bertz CT molecular complexity index is 2170. The van der Waals surface area contributed by atoms with Crippen molar-refractivity contribution in [2.45, 2.75) is 290 Å². The van der Waals surface area contributed by atoms with E-state index in [0.717, 1.165) is 55.3 Å². The molecule has 4 N–H and O–H groups in total. The van der Waals surface area contributed by atoms with Gasteiger partial charge in [0, 0.05) is 23.0 Å². The number of aliphatic hydroxyl groups excluding tert-OH is 1. The van der Waals surface area contributed by atoms with Gasteiger partial charge in [0.15, 0.2) is 11.5 Å². The molecule has 0 amide bonds. The fraction of sp³-hybridized carbons (Fsp3) is 0.667. The van der Waals surface area contributed by atoms with Crippen LogP contribution in [0.4, 0.5) is 0 Å². The number of hydrogen-bond donors (Lipinski definition) is 4. The number of unbranched alkanes of at least 4 members (excludes halogenated alkanes) is 39. The molecule has 0 aliphatic rings. The molecule has 0 saturated carbocycles. The predicted molar refractivity (Wildman–Crippen MR) is 342 cm³/mol. The lowest BCUT2D eigenvalue weighted by atomic mass is 10.0. The Morgan fingerprint density at radius 2 is 0.679 bits per heavy atom. The predicted octanol–water partition coefficient (Wildman–Crippen LogP) is 22.7. The van der Waals surface area contributed by atoms with E-state index >= 15 is 0 Å². The van der Waals surface area contributed by atoms with Crippen molar-refractivity contribution in [3.8, 4) is 39.8 Å². The van der Waals surface area contributed by atoms with Crippen molar-refractivity contribution < 1.29 is 34.0 Å². The van der Waals surface area contributed by atoms with Gasteiger partial charge >= 0.3 is 5.97 Å². The van der Waals surface area contributed by atoms with Crippen LogP contribution in [0.2, 0.25) is 0 Å². The highest BCUT2D eigenvalue weighted by atomic mass is 16.5. The molecule has 9 nitrogen and oxygen atoms in total. The summed E-state index contributed by atoms with van der Waals surface area (Å²) in [6, 6.07) is 17.7. The number of carbonyl (C=O) groups is 2. The zero-order chi connectivity index (χ0) is 57.6. The molecule has 81 heavy (non-hydrogen) atoms. The highest BCUT2D eigenvalue weighted by molar-refractivity contribution is 6.07. The maximum absolute atomic E-state index is 13.7. The number of hydrogen-bond acceptors (Lipinski definition) is 6. The van der Waals surface area contributed by atoms with E-state index in [9.17, 15) is 19.8 Å². The minimum atomic E-state index is -0.995. The van der Waals surface area contributed by atoms with Gasteiger partial charge in [-0.3, -0.25) is 4.79 Å². The first-order valence-electron chi connectivity index (χ1n) is 33.6. The van der Waals surface area contributed by atoms with Crippen molar-refractivity contribution >= 4 is 17.5 Å². The second-order valence-electron chi connectivity index (χ2n) is 23.5. The Kier molecular flexibility index (Phi) is 38.6. The van der Waals surface area contributed by atoms with E-state index in [4.69, 9.17) is 14.2 Å². The summed E-state index contributed by atoms with van der Waals surface area (Å²) in [7, 11) is 0. The number of rotatable bonds is 54. The van der Waals surface area contributed by atoms with Gasteiger partial charge in [-0.15, -0.1) is 0 Å². The maximum atomic E-state index is 13.7. The van der Waals surface area contributed by atoms with Crippen molar-refractivity contribution in [2.75, 3.05) is 19.8 Å². The Morgan fingerprint density at radius 1 is 0.370 bits per heavy atom. The molecule has 0 atom stereocenters. The van der Waals surface area contributed by atoms with E-state index in [-0.39, 0.29) is 17.1 Å². The van der Waals surface area contributed by atoms with E-state index in [1.807, 2.05) is 18.2 Å². The first kappa shape index (κ1) is 68.6. The number of nitrogens with one attached hydrogen (secondary N) is 2. The lowest BCUT2D eigenvalue weighted by Gasteiger charge is -2.19. The minimum Gasteiger partial charge on any atom is -0.506 e. The molecule has 0 saturated heterocycles. The third kappa shape index (κ3) is 30.8. The zero-order valence-electron chi connectivity index (χ0n) is 51.6. The molecule has 9 heteroatoms. The Hall–Kier alpha value is -4.92. The van der Waals surface area contributed by atoms with Crippen molar-refractivity contribution in [2.24, 2.45) is 0 Å². The number of allylic oxidation sites excluding steroid dienone is 1. The fourth-order valence-electron chi connectivity index (χ4n) is 11.0. The number of H-pyrrole nitrogens is 2. The third-order valence-corrected chi connectivity index (χ3v) is 16.2. The standard InChI is InChI=1S/C72H114N2O7/c1-4-7-10-13-16-19-22-25-28-31-34-37-40-43-54-79-69-57-62(64-51-53-66(74-64)68(76)59-67(75)65-52-50-63(73-65)60-46-48-61(49-47-60)72(77)78)58-70(80-55-44-41-38-35-32-29-26-23-20-17-14-11-8-5-2)71(69)81-56-45-42-39-36-33-30-27-24-21-18-15-12-9-6-3/h46-53,57-59,73-75H,4-45,54-56H2,1-3H3,(H,77,78)/b67-59+. The maximum Gasteiger partial charge on any atom is 0.335 e. The van der Waals surface area contributed by atoms with Gasteiger partial charge in [0.1, 0.15) is 5.76 Å². The van der Waals surface area contributed by atoms with E-state index < -0.39 is 5.97 Å².